The quantitative estimate of drug-likeness (QED) is 0.370. The van der Waals surface area contributed by atoms with Crippen LogP contribution in [0.1, 0.15) is 38.8 Å². The minimum atomic E-state index is -0.222. The molecule has 0 radical (unpaired) electrons. The fraction of sp³-hybridized carbons (Fsp3) is 0.185. The molecule has 0 saturated carbocycles. The van der Waals surface area contributed by atoms with Gasteiger partial charge in [0.1, 0.15) is 11.4 Å². The number of hydrogen-bond donors (Lipinski definition) is 1. The van der Waals surface area contributed by atoms with Crippen molar-refractivity contribution in [1.29, 1.82) is 0 Å². The van der Waals surface area contributed by atoms with Gasteiger partial charge in [-0.05, 0) is 60.7 Å². The Morgan fingerprint density at radius 1 is 1.00 bits per heavy atom. The zero-order chi connectivity index (χ0) is 22.9. The summed E-state index contributed by atoms with van der Waals surface area (Å²) < 4.78 is 5.31. The molecule has 0 bridgehead atoms. The number of carbonyl (C=O) groups excluding carboxylic acids is 1. The van der Waals surface area contributed by atoms with Gasteiger partial charge in [-0.25, -0.2) is 0 Å². The number of thioether (sulfide) groups is 1. The maximum atomic E-state index is 13.6. The van der Waals surface area contributed by atoms with Gasteiger partial charge < -0.3 is 9.64 Å². The van der Waals surface area contributed by atoms with Crippen molar-refractivity contribution in [2.75, 3.05) is 13.4 Å². The molecule has 0 saturated heterocycles. The van der Waals surface area contributed by atoms with E-state index in [2.05, 4.69) is 71.9 Å². The summed E-state index contributed by atoms with van der Waals surface area (Å²) in [5, 5.41) is 7.59. The SMILES string of the molecule is COc1ccc(-c2n[nH]c3c2C(c2ccc(SC)cc2)N(Cc2ccc(C)cc2)C3=O)cc1. The number of nitrogens with one attached hydrogen (secondary N) is 1. The average molecular weight is 456 g/mol. The Hall–Kier alpha value is -3.51. The van der Waals surface area contributed by atoms with Crippen LogP contribution in [0.3, 0.4) is 0 Å². The van der Waals surface area contributed by atoms with E-state index in [1.165, 1.54) is 10.5 Å². The van der Waals surface area contributed by atoms with E-state index in [0.717, 1.165) is 33.7 Å². The van der Waals surface area contributed by atoms with E-state index in [0.29, 0.717) is 12.2 Å². The van der Waals surface area contributed by atoms with Crippen LogP contribution in [0.25, 0.3) is 11.3 Å². The predicted molar refractivity (Wildman–Crippen MR) is 132 cm³/mol. The first kappa shape index (κ1) is 21.3. The summed E-state index contributed by atoms with van der Waals surface area (Å²) in [7, 11) is 1.65. The van der Waals surface area contributed by atoms with E-state index in [4.69, 9.17) is 4.74 Å². The standard InChI is InChI=1S/C27H25N3O2S/c1-17-4-6-18(7-5-17)16-30-26(20-10-14-22(33-3)15-11-20)23-24(28-29-25(23)27(30)31)19-8-12-21(32-2)13-9-19/h4-15,26H,16H2,1-3H3,(H,28,29). The molecule has 3 aromatic carbocycles. The lowest BCUT2D eigenvalue weighted by molar-refractivity contribution is 0.0730. The monoisotopic (exact) mass is 455 g/mol. The highest BCUT2D eigenvalue weighted by molar-refractivity contribution is 7.98. The third-order valence-corrected chi connectivity index (χ3v) is 6.88. The van der Waals surface area contributed by atoms with Crippen LogP contribution in [0.5, 0.6) is 5.75 Å². The van der Waals surface area contributed by atoms with Gasteiger partial charge in [-0.3, -0.25) is 9.89 Å². The highest BCUT2D eigenvalue weighted by atomic mass is 32.2. The number of fused-ring (bicyclic) bond motifs is 1. The molecule has 5 nitrogen and oxygen atoms in total. The molecule has 6 heteroatoms. The lowest BCUT2D eigenvalue weighted by Gasteiger charge is -2.26. The summed E-state index contributed by atoms with van der Waals surface area (Å²) in [5.74, 6) is 0.754. The largest absolute Gasteiger partial charge is 0.497 e. The number of aromatic nitrogens is 2. The van der Waals surface area contributed by atoms with Gasteiger partial charge in [0.25, 0.3) is 5.91 Å². The van der Waals surface area contributed by atoms with Gasteiger partial charge in [0.2, 0.25) is 0 Å². The van der Waals surface area contributed by atoms with Crippen molar-refractivity contribution in [2.24, 2.45) is 0 Å². The van der Waals surface area contributed by atoms with Crippen LogP contribution in [0.2, 0.25) is 0 Å². The number of nitrogens with zero attached hydrogens (tertiary/aromatic N) is 2. The van der Waals surface area contributed by atoms with Gasteiger partial charge >= 0.3 is 0 Å². The number of benzene rings is 3. The van der Waals surface area contributed by atoms with Gasteiger partial charge in [-0.2, -0.15) is 5.10 Å². The van der Waals surface area contributed by atoms with E-state index >= 15 is 0 Å². The highest BCUT2D eigenvalue weighted by Crippen LogP contribution is 2.43. The zero-order valence-corrected chi connectivity index (χ0v) is 19.6. The average Bonchev–Trinajstić information content (AvgIpc) is 3.40. The molecule has 5 rings (SSSR count). The summed E-state index contributed by atoms with van der Waals surface area (Å²) in [4.78, 5) is 16.7. The third kappa shape index (κ3) is 3.91. The zero-order valence-electron chi connectivity index (χ0n) is 18.8. The second-order valence-electron chi connectivity index (χ2n) is 8.18. The summed E-state index contributed by atoms with van der Waals surface area (Å²) in [6.45, 7) is 2.59. The first-order valence-corrected chi connectivity index (χ1v) is 12.0. The lowest BCUT2D eigenvalue weighted by atomic mass is 9.96. The second-order valence-corrected chi connectivity index (χ2v) is 9.06. The molecule has 1 N–H and O–H groups in total. The molecular weight excluding hydrogens is 430 g/mol. The molecular formula is C27H25N3O2S. The smallest absolute Gasteiger partial charge is 0.273 e. The Bertz CT molecular complexity index is 1280. The number of carbonyl (C=O) groups is 1. The summed E-state index contributed by atoms with van der Waals surface area (Å²) in [6, 6.07) is 24.4. The Kier molecular flexibility index (Phi) is 5.68. The molecule has 2 heterocycles. The molecule has 4 aromatic rings. The molecule has 1 atom stereocenters. The number of rotatable bonds is 6. The lowest BCUT2D eigenvalue weighted by Crippen LogP contribution is -2.29. The van der Waals surface area contributed by atoms with E-state index < -0.39 is 0 Å². The molecule has 1 aliphatic rings. The molecule has 1 aromatic heterocycles. The van der Waals surface area contributed by atoms with E-state index in [1.54, 1.807) is 18.9 Å². The van der Waals surface area contributed by atoms with Crippen molar-refractivity contribution in [3.63, 3.8) is 0 Å². The van der Waals surface area contributed by atoms with Gasteiger partial charge in [0.15, 0.2) is 0 Å². The molecule has 0 spiro atoms. The van der Waals surface area contributed by atoms with Gasteiger partial charge in [0.05, 0.1) is 18.8 Å². The number of ether oxygens (including phenoxy) is 1. The molecule has 0 aliphatic carbocycles. The normalized spacial score (nSPS) is 15.1. The Morgan fingerprint density at radius 3 is 2.33 bits per heavy atom. The van der Waals surface area contributed by atoms with E-state index in [9.17, 15) is 4.79 Å². The van der Waals surface area contributed by atoms with Crippen molar-refractivity contribution in [1.82, 2.24) is 15.1 Å². The molecule has 33 heavy (non-hydrogen) atoms. The van der Waals surface area contributed by atoms with Crippen molar-refractivity contribution in [3.05, 3.63) is 101 Å². The summed E-state index contributed by atoms with van der Waals surface area (Å²) in [5.41, 5.74) is 6.61. The number of methoxy groups -OCH3 is 1. The van der Waals surface area contributed by atoms with Gasteiger partial charge in [-0.15, -0.1) is 11.8 Å². The third-order valence-electron chi connectivity index (χ3n) is 6.13. The second kappa shape index (κ2) is 8.79. The van der Waals surface area contributed by atoms with Crippen LogP contribution in [0.15, 0.2) is 77.7 Å². The number of aryl methyl sites for hydroxylation is 1. The van der Waals surface area contributed by atoms with Crippen LogP contribution < -0.4 is 4.74 Å². The Labute approximate surface area is 197 Å². The number of H-pyrrole nitrogens is 1. The topological polar surface area (TPSA) is 58.2 Å². The summed E-state index contributed by atoms with van der Waals surface area (Å²) in [6.07, 6.45) is 2.06. The first-order chi connectivity index (χ1) is 16.1. The number of aromatic amines is 1. The van der Waals surface area contributed by atoms with Gasteiger partial charge in [0, 0.05) is 22.6 Å². The van der Waals surface area contributed by atoms with E-state index in [1.807, 2.05) is 29.2 Å². The van der Waals surface area contributed by atoms with Crippen LogP contribution >= 0.6 is 11.8 Å². The minimum Gasteiger partial charge on any atom is -0.497 e. The van der Waals surface area contributed by atoms with Crippen LogP contribution in [-0.4, -0.2) is 34.4 Å². The van der Waals surface area contributed by atoms with Crippen molar-refractivity contribution < 1.29 is 9.53 Å². The van der Waals surface area contributed by atoms with Crippen molar-refractivity contribution in [2.45, 2.75) is 24.4 Å². The first-order valence-electron chi connectivity index (χ1n) is 10.8. The molecule has 1 aliphatic heterocycles. The maximum absolute atomic E-state index is 13.6. The van der Waals surface area contributed by atoms with Crippen LogP contribution in [0.4, 0.5) is 0 Å². The Morgan fingerprint density at radius 2 is 1.70 bits per heavy atom. The molecule has 166 valence electrons. The van der Waals surface area contributed by atoms with Crippen molar-refractivity contribution >= 4 is 17.7 Å². The number of hydrogen-bond acceptors (Lipinski definition) is 4. The Balaban J connectivity index is 1.61. The van der Waals surface area contributed by atoms with Gasteiger partial charge in [-0.1, -0.05) is 42.0 Å². The molecule has 0 fully saturated rings. The highest BCUT2D eigenvalue weighted by Gasteiger charge is 2.42. The fourth-order valence-corrected chi connectivity index (χ4v) is 4.76. The van der Waals surface area contributed by atoms with Crippen LogP contribution in [0, 0.1) is 6.92 Å². The van der Waals surface area contributed by atoms with Crippen LogP contribution in [-0.2, 0) is 6.54 Å². The fourth-order valence-electron chi connectivity index (χ4n) is 4.35. The molecule has 1 unspecified atom stereocenters. The molecule has 1 amide bonds. The van der Waals surface area contributed by atoms with Crippen molar-refractivity contribution in [3.8, 4) is 17.0 Å². The van der Waals surface area contributed by atoms with E-state index in [-0.39, 0.29) is 11.9 Å². The minimum absolute atomic E-state index is 0.0308. The maximum Gasteiger partial charge on any atom is 0.273 e. The number of amides is 1. The summed E-state index contributed by atoms with van der Waals surface area (Å²) >= 11 is 1.71. The predicted octanol–water partition coefficient (Wildman–Crippen LogP) is 5.86.